The van der Waals surface area contributed by atoms with Gasteiger partial charge in [-0.3, -0.25) is 9.78 Å². The summed E-state index contributed by atoms with van der Waals surface area (Å²) < 4.78 is 5.21. The van der Waals surface area contributed by atoms with E-state index < -0.39 is 11.4 Å². The van der Waals surface area contributed by atoms with Gasteiger partial charge in [0.2, 0.25) is 0 Å². The number of pyridine rings is 1. The molecule has 4 nitrogen and oxygen atoms in total. The predicted molar refractivity (Wildman–Crippen MR) is 58.6 cm³/mol. The minimum atomic E-state index is -0.918. The van der Waals surface area contributed by atoms with Crippen LogP contribution >= 0.6 is 11.6 Å². The zero-order valence-corrected chi connectivity index (χ0v) is 9.41. The molecule has 0 amide bonds. The lowest BCUT2D eigenvalue weighted by molar-refractivity contribution is -0.147. The summed E-state index contributed by atoms with van der Waals surface area (Å²) in [6, 6.07) is 1.68. The highest BCUT2D eigenvalue weighted by molar-refractivity contribution is 6.31. The molecule has 86 valence electrons. The van der Waals surface area contributed by atoms with E-state index in [2.05, 4.69) is 4.98 Å². The van der Waals surface area contributed by atoms with Gasteiger partial charge in [-0.25, -0.2) is 0 Å². The standard InChI is InChI=1S/C11H12ClNO3/c12-9-7-13-4-1-8(9)11(10(14)15)2-5-16-6-3-11/h1,4,7H,2-3,5-6H2,(H,14,15). The lowest BCUT2D eigenvalue weighted by Gasteiger charge is -2.33. The van der Waals surface area contributed by atoms with E-state index in [-0.39, 0.29) is 0 Å². The summed E-state index contributed by atoms with van der Waals surface area (Å²) in [7, 11) is 0. The van der Waals surface area contributed by atoms with Gasteiger partial charge in [-0.2, -0.15) is 0 Å². The van der Waals surface area contributed by atoms with Gasteiger partial charge < -0.3 is 9.84 Å². The Balaban J connectivity index is 2.47. The van der Waals surface area contributed by atoms with Crippen molar-refractivity contribution in [3.05, 3.63) is 29.0 Å². The number of hydrogen-bond acceptors (Lipinski definition) is 3. The molecule has 0 unspecified atom stereocenters. The normalized spacial score (nSPS) is 19.3. The van der Waals surface area contributed by atoms with Gasteiger partial charge >= 0.3 is 5.97 Å². The number of rotatable bonds is 2. The highest BCUT2D eigenvalue weighted by Gasteiger charge is 2.43. The van der Waals surface area contributed by atoms with E-state index in [0.717, 1.165) is 0 Å². The number of aliphatic carboxylic acids is 1. The second kappa shape index (κ2) is 4.39. The molecule has 0 aromatic carbocycles. The highest BCUT2D eigenvalue weighted by Crippen LogP contribution is 2.38. The van der Waals surface area contributed by atoms with Gasteiger partial charge in [-0.15, -0.1) is 0 Å². The molecule has 1 aliphatic heterocycles. The van der Waals surface area contributed by atoms with Gasteiger partial charge in [0.05, 0.1) is 10.4 Å². The molecule has 0 spiro atoms. The molecule has 16 heavy (non-hydrogen) atoms. The third kappa shape index (κ3) is 1.79. The van der Waals surface area contributed by atoms with Crippen molar-refractivity contribution in [1.82, 2.24) is 4.98 Å². The van der Waals surface area contributed by atoms with Crippen molar-refractivity contribution < 1.29 is 14.6 Å². The van der Waals surface area contributed by atoms with Crippen molar-refractivity contribution in [1.29, 1.82) is 0 Å². The van der Waals surface area contributed by atoms with E-state index >= 15 is 0 Å². The second-order valence-corrected chi connectivity index (χ2v) is 4.26. The summed E-state index contributed by atoms with van der Waals surface area (Å²) in [4.78, 5) is 15.4. The van der Waals surface area contributed by atoms with Crippen LogP contribution in [0.3, 0.4) is 0 Å². The van der Waals surface area contributed by atoms with Gasteiger partial charge in [-0.1, -0.05) is 11.6 Å². The highest BCUT2D eigenvalue weighted by atomic mass is 35.5. The van der Waals surface area contributed by atoms with Crippen LogP contribution in [0.2, 0.25) is 5.02 Å². The van der Waals surface area contributed by atoms with E-state index in [1.165, 1.54) is 6.20 Å². The average molecular weight is 242 g/mol. The largest absolute Gasteiger partial charge is 0.481 e. The van der Waals surface area contributed by atoms with Crippen LogP contribution in [0.25, 0.3) is 0 Å². The smallest absolute Gasteiger partial charge is 0.314 e. The Morgan fingerprint density at radius 1 is 1.50 bits per heavy atom. The first kappa shape index (κ1) is 11.4. The molecule has 1 aliphatic rings. The minimum Gasteiger partial charge on any atom is -0.481 e. The number of nitrogens with zero attached hydrogens (tertiary/aromatic N) is 1. The quantitative estimate of drug-likeness (QED) is 0.859. The first-order valence-corrected chi connectivity index (χ1v) is 5.46. The lowest BCUT2D eigenvalue weighted by atomic mass is 9.74. The Hall–Kier alpha value is -1.13. The number of ether oxygens (including phenoxy) is 1. The van der Waals surface area contributed by atoms with Crippen molar-refractivity contribution in [2.45, 2.75) is 18.3 Å². The summed E-state index contributed by atoms with van der Waals surface area (Å²) in [5.41, 5.74) is -0.280. The van der Waals surface area contributed by atoms with Crippen LogP contribution in [0, 0.1) is 0 Å². The van der Waals surface area contributed by atoms with Gasteiger partial charge in [0, 0.05) is 25.6 Å². The maximum Gasteiger partial charge on any atom is 0.314 e. The predicted octanol–water partition coefficient (Wildman–Crippen LogP) is 1.87. The molecule has 1 fully saturated rings. The van der Waals surface area contributed by atoms with E-state index in [1.807, 2.05) is 0 Å². The van der Waals surface area contributed by atoms with Crippen LogP contribution in [0.1, 0.15) is 18.4 Å². The maximum absolute atomic E-state index is 11.5. The number of aromatic nitrogens is 1. The molecule has 1 aromatic heterocycles. The summed E-state index contributed by atoms with van der Waals surface area (Å²) in [5.74, 6) is -0.844. The summed E-state index contributed by atoms with van der Waals surface area (Å²) in [6.07, 6.45) is 3.95. The van der Waals surface area contributed by atoms with Crippen molar-refractivity contribution in [2.24, 2.45) is 0 Å². The maximum atomic E-state index is 11.5. The zero-order chi connectivity index (χ0) is 11.6. The van der Waals surface area contributed by atoms with Gasteiger partial charge in [0.25, 0.3) is 0 Å². The summed E-state index contributed by atoms with van der Waals surface area (Å²) >= 11 is 6.02. The van der Waals surface area contributed by atoms with Crippen molar-refractivity contribution in [3.63, 3.8) is 0 Å². The molecular formula is C11H12ClNO3. The van der Waals surface area contributed by atoms with Crippen LogP contribution in [-0.2, 0) is 14.9 Å². The molecule has 0 radical (unpaired) electrons. The van der Waals surface area contributed by atoms with Gasteiger partial charge in [-0.05, 0) is 24.5 Å². The van der Waals surface area contributed by atoms with Crippen molar-refractivity contribution in [2.75, 3.05) is 13.2 Å². The Morgan fingerprint density at radius 3 is 2.75 bits per heavy atom. The molecule has 0 bridgehead atoms. The van der Waals surface area contributed by atoms with E-state index in [4.69, 9.17) is 16.3 Å². The Bertz CT molecular complexity index is 402. The molecule has 2 rings (SSSR count). The Morgan fingerprint density at radius 2 is 2.19 bits per heavy atom. The SMILES string of the molecule is O=C(O)C1(c2ccncc2Cl)CCOCC1. The Labute approximate surface area is 98.2 Å². The summed E-state index contributed by atoms with van der Waals surface area (Å²) in [5, 5.41) is 9.84. The van der Waals surface area contributed by atoms with Crippen LogP contribution < -0.4 is 0 Å². The van der Waals surface area contributed by atoms with Crippen molar-refractivity contribution >= 4 is 17.6 Å². The molecule has 2 heterocycles. The number of carbonyl (C=O) groups is 1. The zero-order valence-electron chi connectivity index (χ0n) is 8.65. The van der Waals surface area contributed by atoms with Crippen LogP contribution in [0.5, 0.6) is 0 Å². The Kier molecular flexibility index (Phi) is 3.12. The fraction of sp³-hybridized carbons (Fsp3) is 0.455. The van der Waals surface area contributed by atoms with E-state index in [1.54, 1.807) is 12.3 Å². The fourth-order valence-electron chi connectivity index (χ4n) is 2.08. The fourth-order valence-corrected chi connectivity index (χ4v) is 2.38. The molecule has 1 saturated heterocycles. The van der Waals surface area contributed by atoms with Crippen LogP contribution in [-0.4, -0.2) is 29.3 Å². The van der Waals surface area contributed by atoms with E-state index in [9.17, 15) is 9.90 Å². The molecule has 0 aliphatic carbocycles. The number of carboxylic acid groups (broad SMARTS) is 1. The third-order valence-corrected chi connectivity index (χ3v) is 3.34. The minimum absolute atomic E-state index is 0.409. The molecule has 0 atom stereocenters. The third-order valence-electron chi connectivity index (χ3n) is 3.04. The average Bonchev–Trinajstić information content (AvgIpc) is 2.30. The number of carboxylic acids is 1. The molecular weight excluding hydrogens is 230 g/mol. The molecule has 1 N–H and O–H groups in total. The van der Waals surface area contributed by atoms with Crippen LogP contribution in [0.15, 0.2) is 18.5 Å². The number of halogens is 1. The monoisotopic (exact) mass is 241 g/mol. The van der Waals surface area contributed by atoms with E-state index in [0.29, 0.717) is 36.6 Å². The first-order chi connectivity index (χ1) is 7.67. The summed E-state index contributed by atoms with van der Waals surface area (Å²) in [6.45, 7) is 0.899. The van der Waals surface area contributed by atoms with Gasteiger partial charge in [0.1, 0.15) is 0 Å². The number of hydrogen-bond donors (Lipinski definition) is 1. The van der Waals surface area contributed by atoms with Crippen LogP contribution in [0.4, 0.5) is 0 Å². The van der Waals surface area contributed by atoms with Crippen molar-refractivity contribution in [3.8, 4) is 0 Å². The first-order valence-electron chi connectivity index (χ1n) is 5.08. The topological polar surface area (TPSA) is 59.4 Å². The lowest BCUT2D eigenvalue weighted by Crippen LogP contribution is -2.41. The second-order valence-electron chi connectivity index (χ2n) is 3.86. The molecule has 0 saturated carbocycles. The van der Waals surface area contributed by atoms with Gasteiger partial charge in [0.15, 0.2) is 0 Å². The molecule has 1 aromatic rings. The molecule has 5 heteroatoms.